The number of likely N-dealkylation sites (tertiary alicyclic amines) is 1. The highest BCUT2D eigenvalue weighted by Crippen LogP contribution is 2.52. The molecule has 3 aliphatic carbocycles. The molecule has 2 amide bonds. The van der Waals surface area contributed by atoms with E-state index in [1.807, 2.05) is 24.3 Å². The van der Waals surface area contributed by atoms with Crippen molar-refractivity contribution in [3.05, 3.63) is 29.8 Å². The maximum Gasteiger partial charge on any atom is 0.258 e. The van der Waals surface area contributed by atoms with Crippen LogP contribution in [-0.2, 0) is 4.79 Å². The smallest absolute Gasteiger partial charge is 0.258 e. The first-order valence-corrected chi connectivity index (χ1v) is 10.4. The van der Waals surface area contributed by atoms with E-state index >= 15 is 0 Å². The Balaban J connectivity index is 1.35. The molecular weight excluding hydrogens is 340 g/mol. The Hall–Kier alpha value is -2.04. The van der Waals surface area contributed by atoms with E-state index in [1.54, 1.807) is 0 Å². The zero-order valence-corrected chi connectivity index (χ0v) is 15.9. The summed E-state index contributed by atoms with van der Waals surface area (Å²) in [5, 5.41) is 3.18. The first-order chi connectivity index (χ1) is 13.1. The van der Waals surface area contributed by atoms with Gasteiger partial charge in [0.1, 0.15) is 5.75 Å². The van der Waals surface area contributed by atoms with Crippen LogP contribution in [0.5, 0.6) is 5.75 Å². The molecule has 4 atom stereocenters. The molecule has 5 nitrogen and oxygen atoms in total. The lowest BCUT2D eigenvalue weighted by atomic mass is 9.59. The van der Waals surface area contributed by atoms with E-state index in [0.717, 1.165) is 57.5 Å². The van der Waals surface area contributed by atoms with Crippen LogP contribution in [0, 0.1) is 23.7 Å². The molecular formula is C22H28N2O3. The minimum Gasteiger partial charge on any atom is -0.467 e. The van der Waals surface area contributed by atoms with Crippen LogP contribution in [0.3, 0.4) is 0 Å². The van der Waals surface area contributed by atoms with Crippen molar-refractivity contribution in [2.45, 2.75) is 51.2 Å². The van der Waals surface area contributed by atoms with Crippen LogP contribution >= 0.6 is 0 Å². The van der Waals surface area contributed by atoms with Gasteiger partial charge in [0.25, 0.3) is 5.91 Å². The molecule has 5 aliphatic rings. The fourth-order valence-electron chi connectivity index (χ4n) is 5.73. The van der Waals surface area contributed by atoms with E-state index < -0.39 is 5.72 Å². The standard InChI is InChI=1S/C22H28N2O3/c1-14-8-10-24(11-9-14)21(26)18-12-16-7-6-15(18)13-22(16)23-20(25)17-4-2-3-5-19(17)27-22/h2-5,14-16,18H,6-13H2,1H3,(H,23,25)/t15-,16-,18+,22+/m1/s1. The number of ether oxygens (including phenoxy) is 1. The maximum absolute atomic E-state index is 13.2. The predicted molar refractivity (Wildman–Crippen MR) is 101 cm³/mol. The number of piperidine rings is 1. The summed E-state index contributed by atoms with van der Waals surface area (Å²) in [6.07, 6.45) is 5.90. The minimum atomic E-state index is -0.623. The average Bonchev–Trinajstić information content (AvgIpc) is 2.68. The summed E-state index contributed by atoms with van der Waals surface area (Å²) in [4.78, 5) is 27.9. The molecule has 6 rings (SSSR count). The summed E-state index contributed by atoms with van der Waals surface area (Å²) in [6, 6.07) is 7.47. The molecule has 1 spiro atoms. The number of nitrogens with zero attached hydrogens (tertiary/aromatic N) is 1. The van der Waals surface area contributed by atoms with Crippen molar-refractivity contribution in [1.29, 1.82) is 0 Å². The summed E-state index contributed by atoms with van der Waals surface area (Å²) in [6.45, 7) is 4.08. The number of hydrogen-bond acceptors (Lipinski definition) is 3. The zero-order valence-electron chi connectivity index (χ0n) is 15.9. The van der Waals surface area contributed by atoms with Gasteiger partial charge >= 0.3 is 0 Å². The molecule has 2 aliphatic heterocycles. The van der Waals surface area contributed by atoms with Gasteiger partial charge in [0.15, 0.2) is 5.72 Å². The second-order valence-electron chi connectivity index (χ2n) is 9.03. The third-order valence-electron chi connectivity index (χ3n) is 7.38. The molecule has 1 aromatic rings. The van der Waals surface area contributed by atoms with Gasteiger partial charge in [0.05, 0.1) is 5.56 Å². The fraction of sp³-hybridized carbons (Fsp3) is 0.636. The van der Waals surface area contributed by atoms with Crippen LogP contribution in [0.25, 0.3) is 0 Å². The lowest BCUT2D eigenvalue weighted by Crippen LogP contribution is -2.67. The molecule has 27 heavy (non-hydrogen) atoms. The number of carbonyl (C=O) groups excluding carboxylic acids is 2. The third kappa shape index (κ3) is 2.74. The molecule has 3 saturated carbocycles. The highest BCUT2D eigenvalue weighted by molar-refractivity contribution is 5.98. The maximum atomic E-state index is 13.2. The second kappa shape index (κ2) is 6.25. The van der Waals surface area contributed by atoms with Gasteiger partial charge in [0.2, 0.25) is 5.91 Å². The summed E-state index contributed by atoms with van der Waals surface area (Å²) >= 11 is 0. The molecule has 2 heterocycles. The Morgan fingerprint density at radius 1 is 1.19 bits per heavy atom. The van der Waals surface area contributed by atoms with Crippen LogP contribution in [0.15, 0.2) is 24.3 Å². The second-order valence-corrected chi connectivity index (χ2v) is 9.03. The Labute approximate surface area is 160 Å². The quantitative estimate of drug-likeness (QED) is 0.828. The lowest BCUT2D eigenvalue weighted by Gasteiger charge is -2.55. The SMILES string of the molecule is CC1CCN(C(=O)[C@H]2C[C@H]3CC[C@@H]2C[C@@]32NC(=O)c3ccccc3O2)CC1. The van der Waals surface area contributed by atoms with Gasteiger partial charge in [-0.25, -0.2) is 0 Å². The molecule has 2 bridgehead atoms. The van der Waals surface area contributed by atoms with Gasteiger partial charge in [0, 0.05) is 31.3 Å². The van der Waals surface area contributed by atoms with Gasteiger partial charge in [-0.05, 0) is 56.1 Å². The van der Waals surface area contributed by atoms with E-state index in [9.17, 15) is 9.59 Å². The number of amides is 2. The molecule has 4 fully saturated rings. The highest BCUT2D eigenvalue weighted by Gasteiger charge is 2.57. The molecule has 0 radical (unpaired) electrons. The van der Waals surface area contributed by atoms with Crippen molar-refractivity contribution in [1.82, 2.24) is 10.2 Å². The Bertz CT molecular complexity index is 771. The van der Waals surface area contributed by atoms with E-state index in [2.05, 4.69) is 17.1 Å². The normalized spacial score (nSPS) is 35.5. The molecule has 5 heteroatoms. The Morgan fingerprint density at radius 2 is 1.96 bits per heavy atom. The van der Waals surface area contributed by atoms with Gasteiger partial charge in [-0.2, -0.15) is 0 Å². The first kappa shape index (κ1) is 17.1. The molecule has 1 N–H and O–H groups in total. The van der Waals surface area contributed by atoms with E-state index in [-0.39, 0.29) is 17.7 Å². The topological polar surface area (TPSA) is 58.6 Å². The van der Waals surface area contributed by atoms with Crippen LogP contribution in [0.2, 0.25) is 0 Å². The van der Waals surface area contributed by atoms with Gasteiger partial charge in [-0.15, -0.1) is 0 Å². The van der Waals surface area contributed by atoms with Crippen LogP contribution < -0.4 is 10.1 Å². The summed E-state index contributed by atoms with van der Waals surface area (Å²) in [7, 11) is 0. The lowest BCUT2D eigenvalue weighted by molar-refractivity contribution is -0.156. The summed E-state index contributed by atoms with van der Waals surface area (Å²) in [5.74, 6) is 2.31. The number of carbonyl (C=O) groups is 2. The average molecular weight is 368 g/mol. The number of rotatable bonds is 1. The number of para-hydroxylation sites is 1. The molecule has 0 aromatic heterocycles. The van der Waals surface area contributed by atoms with Crippen molar-refractivity contribution in [2.75, 3.05) is 13.1 Å². The molecule has 1 saturated heterocycles. The van der Waals surface area contributed by atoms with Crippen LogP contribution in [-0.4, -0.2) is 35.5 Å². The van der Waals surface area contributed by atoms with Crippen molar-refractivity contribution in [2.24, 2.45) is 23.7 Å². The van der Waals surface area contributed by atoms with Crippen molar-refractivity contribution >= 4 is 11.8 Å². The number of nitrogens with one attached hydrogen (secondary N) is 1. The minimum absolute atomic E-state index is 0.0442. The van der Waals surface area contributed by atoms with Gasteiger partial charge < -0.3 is 15.0 Å². The largest absolute Gasteiger partial charge is 0.467 e. The first-order valence-electron chi connectivity index (χ1n) is 10.4. The Kier molecular flexibility index (Phi) is 3.95. The van der Waals surface area contributed by atoms with E-state index in [4.69, 9.17) is 4.74 Å². The van der Waals surface area contributed by atoms with Crippen LogP contribution in [0.1, 0.15) is 55.8 Å². The van der Waals surface area contributed by atoms with Crippen LogP contribution in [0.4, 0.5) is 0 Å². The third-order valence-corrected chi connectivity index (χ3v) is 7.38. The summed E-state index contributed by atoms with van der Waals surface area (Å²) < 4.78 is 6.40. The molecule has 144 valence electrons. The van der Waals surface area contributed by atoms with Crippen molar-refractivity contribution in [3.8, 4) is 5.75 Å². The van der Waals surface area contributed by atoms with Gasteiger partial charge in [-0.3, -0.25) is 9.59 Å². The molecule has 1 aromatic carbocycles. The summed E-state index contributed by atoms with van der Waals surface area (Å²) in [5.41, 5.74) is -0.0127. The Morgan fingerprint density at radius 3 is 2.70 bits per heavy atom. The highest BCUT2D eigenvalue weighted by atomic mass is 16.5. The number of hydrogen-bond donors (Lipinski definition) is 1. The van der Waals surface area contributed by atoms with Crippen molar-refractivity contribution in [3.63, 3.8) is 0 Å². The fourth-order valence-corrected chi connectivity index (χ4v) is 5.73. The monoisotopic (exact) mass is 368 g/mol. The number of fused-ring (bicyclic) bond motifs is 3. The van der Waals surface area contributed by atoms with E-state index in [0.29, 0.717) is 23.1 Å². The number of benzene rings is 1. The predicted octanol–water partition coefficient (Wildman–Crippen LogP) is 3.20. The van der Waals surface area contributed by atoms with Gasteiger partial charge in [-0.1, -0.05) is 19.1 Å². The van der Waals surface area contributed by atoms with Crippen molar-refractivity contribution < 1.29 is 14.3 Å². The molecule has 0 unspecified atom stereocenters. The van der Waals surface area contributed by atoms with E-state index in [1.165, 1.54) is 0 Å². The zero-order chi connectivity index (χ0) is 18.6.